The molecular weight excluding hydrogens is 212 g/mol. The van der Waals surface area contributed by atoms with Crippen molar-refractivity contribution in [1.82, 2.24) is 14.6 Å². The normalized spacial score (nSPS) is 10.9. The summed E-state index contributed by atoms with van der Waals surface area (Å²) in [5.41, 5.74) is 8.38. The number of oxazole rings is 1. The minimum Gasteiger partial charge on any atom is -0.435 e. The standard InChI is InChI=1S/C9H6N4OS/c10-5-1-2-6-8(3-5)14-9(11-6)7-4-15-13-12-7/h1-4H,10H2. The van der Waals surface area contributed by atoms with Gasteiger partial charge >= 0.3 is 0 Å². The Morgan fingerprint density at radius 1 is 1.33 bits per heavy atom. The van der Waals surface area contributed by atoms with E-state index in [1.54, 1.807) is 17.5 Å². The summed E-state index contributed by atoms with van der Waals surface area (Å²) in [4.78, 5) is 4.28. The summed E-state index contributed by atoms with van der Waals surface area (Å²) >= 11 is 1.26. The lowest BCUT2D eigenvalue weighted by atomic mass is 10.3. The zero-order chi connectivity index (χ0) is 10.3. The molecule has 0 saturated carbocycles. The Morgan fingerprint density at radius 3 is 3.07 bits per heavy atom. The van der Waals surface area contributed by atoms with E-state index >= 15 is 0 Å². The summed E-state index contributed by atoms with van der Waals surface area (Å²) in [6.07, 6.45) is 0. The average molecular weight is 218 g/mol. The number of hydrogen-bond donors (Lipinski definition) is 1. The summed E-state index contributed by atoms with van der Waals surface area (Å²) in [5.74, 6) is 0.476. The summed E-state index contributed by atoms with van der Waals surface area (Å²) in [7, 11) is 0. The fraction of sp³-hybridized carbons (Fsp3) is 0. The molecule has 15 heavy (non-hydrogen) atoms. The predicted octanol–water partition coefficient (Wildman–Crippen LogP) is 1.93. The molecule has 3 rings (SSSR count). The molecule has 0 aliphatic heterocycles. The van der Waals surface area contributed by atoms with Gasteiger partial charge in [0.15, 0.2) is 11.3 Å². The van der Waals surface area contributed by atoms with Gasteiger partial charge in [-0.15, -0.1) is 5.10 Å². The van der Waals surface area contributed by atoms with Crippen LogP contribution in [0.4, 0.5) is 5.69 Å². The highest BCUT2D eigenvalue weighted by Crippen LogP contribution is 2.24. The van der Waals surface area contributed by atoms with Crippen LogP contribution < -0.4 is 5.73 Å². The van der Waals surface area contributed by atoms with Crippen molar-refractivity contribution in [1.29, 1.82) is 0 Å². The third-order valence-corrected chi connectivity index (χ3v) is 2.50. The molecule has 1 aromatic carbocycles. The van der Waals surface area contributed by atoms with Gasteiger partial charge in [0.1, 0.15) is 5.52 Å². The lowest BCUT2D eigenvalue weighted by Crippen LogP contribution is -1.81. The minimum atomic E-state index is 0.476. The van der Waals surface area contributed by atoms with Gasteiger partial charge in [0.25, 0.3) is 0 Å². The summed E-state index contributed by atoms with van der Waals surface area (Å²) in [5, 5.41) is 5.67. The van der Waals surface area contributed by atoms with Gasteiger partial charge in [-0.3, -0.25) is 0 Å². The van der Waals surface area contributed by atoms with E-state index in [0.717, 1.165) is 5.52 Å². The van der Waals surface area contributed by atoms with Crippen LogP contribution in [0.3, 0.4) is 0 Å². The molecule has 3 aromatic rings. The van der Waals surface area contributed by atoms with Crippen molar-refractivity contribution in [2.24, 2.45) is 0 Å². The van der Waals surface area contributed by atoms with Crippen LogP contribution in [0.5, 0.6) is 0 Å². The molecule has 2 heterocycles. The Labute approximate surface area is 88.7 Å². The predicted molar refractivity (Wildman–Crippen MR) is 57.3 cm³/mol. The van der Waals surface area contributed by atoms with Crippen LogP contribution in [0.1, 0.15) is 0 Å². The lowest BCUT2D eigenvalue weighted by Gasteiger charge is -1.88. The van der Waals surface area contributed by atoms with Gasteiger partial charge in [-0.05, 0) is 23.7 Å². The molecule has 0 spiro atoms. The molecule has 0 aliphatic carbocycles. The minimum absolute atomic E-state index is 0.476. The van der Waals surface area contributed by atoms with E-state index in [0.29, 0.717) is 22.9 Å². The Kier molecular flexibility index (Phi) is 1.69. The molecule has 0 bridgehead atoms. The molecule has 0 unspecified atom stereocenters. The van der Waals surface area contributed by atoms with Gasteiger partial charge in [0.2, 0.25) is 5.89 Å². The highest BCUT2D eigenvalue weighted by molar-refractivity contribution is 7.03. The fourth-order valence-electron chi connectivity index (χ4n) is 1.31. The second-order valence-electron chi connectivity index (χ2n) is 3.04. The molecule has 0 atom stereocenters. The van der Waals surface area contributed by atoms with Gasteiger partial charge < -0.3 is 10.2 Å². The number of anilines is 1. The van der Waals surface area contributed by atoms with Crippen molar-refractivity contribution < 1.29 is 4.42 Å². The van der Waals surface area contributed by atoms with Crippen LogP contribution in [-0.4, -0.2) is 14.6 Å². The van der Waals surface area contributed by atoms with Gasteiger partial charge in [0, 0.05) is 17.1 Å². The quantitative estimate of drug-likeness (QED) is 0.631. The first-order valence-corrected chi connectivity index (χ1v) is 5.10. The van der Waals surface area contributed by atoms with Crippen molar-refractivity contribution >= 4 is 28.3 Å². The van der Waals surface area contributed by atoms with Gasteiger partial charge in [-0.2, -0.15) is 0 Å². The van der Waals surface area contributed by atoms with E-state index in [2.05, 4.69) is 14.6 Å². The lowest BCUT2D eigenvalue weighted by molar-refractivity contribution is 0.616. The van der Waals surface area contributed by atoms with Crippen LogP contribution in [0, 0.1) is 0 Å². The molecule has 6 heteroatoms. The van der Waals surface area contributed by atoms with Crippen LogP contribution in [0.25, 0.3) is 22.7 Å². The number of nitrogens with zero attached hydrogens (tertiary/aromatic N) is 3. The molecule has 74 valence electrons. The molecule has 5 nitrogen and oxygen atoms in total. The number of fused-ring (bicyclic) bond motifs is 1. The van der Waals surface area contributed by atoms with Crippen LogP contribution in [-0.2, 0) is 0 Å². The van der Waals surface area contributed by atoms with Crippen molar-refractivity contribution in [2.75, 3.05) is 5.73 Å². The first kappa shape index (κ1) is 8.37. The maximum absolute atomic E-state index is 5.64. The smallest absolute Gasteiger partial charge is 0.249 e. The second-order valence-corrected chi connectivity index (χ2v) is 3.65. The summed E-state index contributed by atoms with van der Waals surface area (Å²) in [6, 6.07) is 5.34. The third kappa shape index (κ3) is 1.35. The van der Waals surface area contributed by atoms with Crippen LogP contribution >= 0.6 is 11.5 Å². The van der Waals surface area contributed by atoms with Crippen molar-refractivity contribution in [3.63, 3.8) is 0 Å². The number of benzene rings is 1. The highest BCUT2D eigenvalue weighted by atomic mass is 32.1. The number of hydrogen-bond acceptors (Lipinski definition) is 6. The van der Waals surface area contributed by atoms with Crippen LogP contribution in [0.2, 0.25) is 0 Å². The Hall–Kier alpha value is -1.95. The Bertz CT molecular complexity index is 602. The van der Waals surface area contributed by atoms with Crippen molar-refractivity contribution in [3.8, 4) is 11.6 Å². The molecule has 2 N–H and O–H groups in total. The van der Waals surface area contributed by atoms with E-state index in [-0.39, 0.29) is 0 Å². The van der Waals surface area contributed by atoms with E-state index < -0.39 is 0 Å². The van der Waals surface area contributed by atoms with Gasteiger partial charge in [-0.1, -0.05) is 4.49 Å². The number of rotatable bonds is 1. The summed E-state index contributed by atoms with van der Waals surface area (Å²) in [6.45, 7) is 0. The maximum atomic E-state index is 5.64. The molecule has 0 saturated heterocycles. The molecule has 0 amide bonds. The number of nitrogens with two attached hydrogens (primary N) is 1. The Balaban J connectivity index is 2.22. The Morgan fingerprint density at radius 2 is 2.27 bits per heavy atom. The topological polar surface area (TPSA) is 77.8 Å². The van der Waals surface area contributed by atoms with Crippen LogP contribution in [0.15, 0.2) is 28.0 Å². The van der Waals surface area contributed by atoms with E-state index in [4.69, 9.17) is 10.2 Å². The van der Waals surface area contributed by atoms with Crippen molar-refractivity contribution in [3.05, 3.63) is 23.6 Å². The maximum Gasteiger partial charge on any atom is 0.249 e. The molecule has 2 aromatic heterocycles. The monoisotopic (exact) mass is 218 g/mol. The SMILES string of the molecule is Nc1ccc2nc(-c3csnn3)oc2c1. The zero-order valence-electron chi connectivity index (χ0n) is 7.54. The van der Waals surface area contributed by atoms with E-state index in [9.17, 15) is 0 Å². The van der Waals surface area contributed by atoms with Gasteiger partial charge in [-0.25, -0.2) is 4.98 Å². The molecule has 0 radical (unpaired) electrons. The van der Waals surface area contributed by atoms with Crippen molar-refractivity contribution in [2.45, 2.75) is 0 Å². The first-order chi connectivity index (χ1) is 7.33. The van der Waals surface area contributed by atoms with E-state index in [1.807, 2.05) is 6.07 Å². The number of nitrogen functional groups attached to an aromatic ring is 1. The zero-order valence-corrected chi connectivity index (χ0v) is 8.36. The molecule has 0 fully saturated rings. The van der Waals surface area contributed by atoms with Gasteiger partial charge in [0.05, 0.1) is 0 Å². The fourth-order valence-corrected chi connectivity index (χ4v) is 1.74. The van der Waals surface area contributed by atoms with E-state index in [1.165, 1.54) is 11.5 Å². The number of aromatic nitrogens is 3. The molecular formula is C9H6N4OS. The largest absolute Gasteiger partial charge is 0.435 e. The first-order valence-electron chi connectivity index (χ1n) is 4.26. The average Bonchev–Trinajstić information content (AvgIpc) is 2.84. The third-order valence-electron chi connectivity index (χ3n) is 1.99. The highest BCUT2D eigenvalue weighted by Gasteiger charge is 2.10. The summed E-state index contributed by atoms with van der Waals surface area (Å²) < 4.78 is 9.26. The second kappa shape index (κ2) is 3.03. The molecule has 0 aliphatic rings.